The number of aliphatic carboxylic acids is 1. The smallest absolute Gasteiger partial charge is 0.303 e. The molecule has 2 aromatic heterocycles. The lowest BCUT2D eigenvalue weighted by Crippen LogP contribution is -2.29. The lowest BCUT2D eigenvalue weighted by atomic mass is 10.2. The molecular formula is C19H18N2O4S2. The van der Waals surface area contributed by atoms with E-state index in [9.17, 15) is 9.59 Å². The number of carboxylic acid groups (broad SMARTS) is 1. The van der Waals surface area contributed by atoms with Crippen molar-refractivity contribution in [3.63, 3.8) is 0 Å². The van der Waals surface area contributed by atoms with Crippen LogP contribution in [0, 0.1) is 0 Å². The molecule has 27 heavy (non-hydrogen) atoms. The second-order valence-corrected chi connectivity index (χ2v) is 7.63. The van der Waals surface area contributed by atoms with Crippen molar-refractivity contribution in [1.82, 2.24) is 9.88 Å². The lowest BCUT2D eigenvalue weighted by Gasteiger charge is -2.13. The molecule has 1 saturated heterocycles. The Labute approximate surface area is 166 Å². The number of carbonyl (C=O) groups excluding carboxylic acids is 1. The van der Waals surface area contributed by atoms with Gasteiger partial charge < -0.3 is 9.52 Å². The fourth-order valence-electron chi connectivity index (χ4n) is 2.62. The van der Waals surface area contributed by atoms with Gasteiger partial charge in [-0.25, -0.2) is 0 Å². The number of carboxylic acids is 1. The second-order valence-electron chi connectivity index (χ2n) is 5.95. The SMILES string of the molecule is O=C(O)CCCCCN1C(=O)C(=Cc2ccc(-c3ccccn3)o2)SC1=S. The zero-order chi connectivity index (χ0) is 19.2. The van der Waals surface area contributed by atoms with E-state index < -0.39 is 5.97 Å². The van der Waals surface area contributed by atoms with Gasteiger partial charge in [-0.1, -0.05) is 36.5 Å². The Morgan fingerprint density at radius 2 is 2.11 bits per heavy atom. The number of unbranched alkanes of at least 4 members (excludes halogenated alkanes) is 2. The molecule has 0 unspecified atom stereocenters. The fourth-order valence-corrected chi connectivity index (χ4v) is 3.91. The number of carbonyl (C=O) groups is 2. The van der Waals surface area contributed by atoms with E-state index in [-0.39, 0.29) is 12.3 Å². The van der Waals surface area contributed by atoms with Gasteiger partial charge in [0.25, 0.3) is 5.91 Å². The van der Waals surface area contributed by atoms with Crippen LogP contribution in [0.3, 0.4) is 0 Å². The highest BCUT2D eigenvalue weighted by atomic mass is 32.2. The molecule has 3 heterocycles. The molecule has 1 aliphatic heterocycles. The monoisotopic (exact) mass is 402 g/mol. The molecule has 0 spiro atoms. The molecule has 0 aliphatic carbocycles. The van der Waals surface area contributed by atoms with Crippen LogP contribution in [0.15, 0.2) is 45.9 Å². The molecule has 0 aromatic carbocycles. The Balaban J connectivity index is 1.61. The van der Waals surface area contributed by atoms with Gasteiger partial charge in [0, 0.05) is 25.2 Å². The molecule has 3 rings (SSSR count). The van der Waals surface area contributed by atoms with E-state index in [0.717, 1.165) is 18.5 Å². The Bertz CT molecular complexity index is 877. The van der Waals surface area contributed by atoms with Crippen molar-refractivity contribution < 1.29 is 19.1 Å². The minimum atomic E-state index is -0.799. The van der Waals surface area contributed by atoms with E-state index in [4.69, 9.17) is 21.7 Å². The summed E-state index contributed by atoms with van der Waals surface area (Å²) in [7, 11) is 0. The van der Waals surface area contributed by atoms with Gasteiger partial charge in [-0.2, -0.15) is 0 Å². The van der Waals surface area contributed by atoms with Crippen LogP contribution in [0.5, 0.6) is 0 Å². The molecule has 1 fully saturated rings. The van der Waals surface area contributed by atoms with Crippen LogP contribution < -0.4 is 0 Å². The Morgan fingerprint density at radius 3 is 2.85 bits per heavy atom. The number of nitrogens with zero attached hydrogens (tertiary/aromatic N) is 2. The zero-order valence-electron chi connectivity index (χ0n) is 14.5. The van der Waals surface area contributed by atoms with Crippen LogP contribution in [0.25, 0.3) is 17.5 Å². The van der Waals surface area contributed by atoms with Gasteiger partial charge in [-0.3, -0.25) is 19.5 Å². The maximum atomic E-state index is 12.6. The second kappa shape index (κ2) is 8.96. The van der Waals surface area contributed by atoms with Crippen LogP contribution in [0.1, 0.15) is 31.4 Å². The molecule has 0 bridgehead atoms. The van der Waals surface area contributed by atoms with Crippen LogP contribution in [0.4, 0.5) is 0 Å². The third-order valence-corrected chi connectivity index (χ3v) is 5.34. The summed E-state index contributed by atoms with van der Waals surface area (Å²) in [5, 5.41) is 8.65. The molecule has 140 valence electrons. The van der Waals surface area contributed by atoms with E-state index in [2.05, 4.69) is 4.98 Å². The van der Waals surface area contributed by atoms with Crippen molar-refractivity contribution in [3.05, 3.63) is 47.2 Å². The van der Waals surface area contributed by atoms with Gasteiger partial charge in [0.05, 0.1) is 4.91 Å². The largest absolute Gasteiger partial charge is 0.481 e. The van der Waals surface area contributed by atoms with E-state index >= 15 is 0 Å². The summed E-state index contributed by atoms with van der Waals surface area (Å²) < 4.78 is 6.28. The van der Waals surface area contributed by atoms with E-state index in [0.29, 0.717) is 33.7 Å². The standard InChI is InChI=1S/C19H18N2O4S2/c22-17(23)7-2-1-5-11-21-18(24)16(27-19(21)26)12-13-8-9-15(25-13)14-6-3-4-10-20-14/h3-4,6,8-10,12H,1-2,5,7,11H2,(H,22,23). The predicted molar refractivity (Wildman–Crippen MR) is 108 cm³/mol. The number of amides is 1. The number of aromatic nitrogens is 1. The number of furan rings is 1. The van der Waals surface area contributed by atoms with E-state index in [1.807, 2.05) is 24.3 Å². The van der Waals surface area contributed by atoms with Crippen LogP contribution in [0.2, 0.25) is 0 Å². The number of hydrogen-bond donors (Lipinski definition) is 1. The predicted octanol–water partition coefficient (Wildman–Crippen LogP) is 4.19. The molecule has 0 atom stereocenters. The van der Waals surface area contributed by atoms with Gasteiger partial charge >= 0.3 is 5.97 Å². The molecule has 1 aliphatic rings. The molecule has 6 nitrogen and oxygen atoms in total. The van der Waals surface area contributed by atoms with Crippen molar-refractivity contribution in [2.24, 2.45) is 0 Å². The highest BCUT2D eigenvalue weighted by molar-refractivity contribution is 8.26. The molecule has 2 aromatic rings. The lowest BCUT2D eigenvalue weighted by molar-refractivity contribution is -0.137. The molecule has 1 N–H and O–H groups in total. The summed E-state index contributed by atoms with van der Waals surface area (Å²) in [6.07, 6.45) is 5.60. The Hall–Kier alpha value is -2.45. The number of pyridine rings is 1. The van der Waals surface area contributed by atoms with Crippen molar-refractivity contribution >= 4 is 46.3 Å². The van der Waals surface area contributed by atoms with Gasteiger partial charge in [-0.05, 0) is 37.1 Å². The topological polar surface area (TPSA) is 83.6 Å². The Kier molecular flexibility index (Phi) is 6.41. The minimum Gasteiger partial charge on any atom is -0.481 e. The third-order valence-electron chi connectivity index (χ3n) is 3.96. The van der Waals surface area contributed by atoms with Gasteiger partial charge in [0.1, 0.15) is 15.8 Å². The normalized spacial score (nSPS) is 15.7. The maximum absolute atomic E-state index is 12.6. The highest BCUT2D eigenvalue weighted by Crippen LogP contribution is 2.33. The number of hydrogen-bond acceptors (Lipinski definition) is 6. The molecular weight excluding hydrogens is 384 g/mol. The first-order valence-corrected chi connectivity index (χ1v) is 9.75. The summed E-state index contributed by atoms with van der Waals surface area (Å²) in [5.74, 6) is 0.263. The zero-order valence-corrected chi connectivity index (χ0v) is 16.1. The minimum absolute atomic E-state index is 0.140. The maximum Gasteiger partial charge on any atom is 0.303 e. The number of thioether (sulfide) groups is 1. The first-order chi connectivity index (χ1) is 13.0. The summed E-state index contributed by atoms with van der Waals surface area (Å²) in [6, 6.07) is 9.18. The van der Waals surface area contributed by atoms with Crippen molar-refractivity contribution in [2.75, 3.05) is 6.54 Å². The average Bonchev–Trinajstić information content (AvgIpc) is 3.22. The number of thiocarbonyl (C=S) groups is 1. The third kappa shape index (κ3) is 5.05. The van der Waals surface area contributed by atoms with Crippen LogP contribution >= 0.6 is 24.0 Å². The van der Waals surface area contributed by atoms with E-state index in [1.165, 1.54) is 11.8 Å². The average molecular weight is 402 g/mol. The molecule has 8 heteroatoms. The van der Waals surface area contributed by atoms with E-state index in [1.54, 1.807) is 23.2 Å². The van der Waals surface area contributed by atoms with Gasteiger partial charge in [0.2, 0.25) is 0 Å². The van der Waals surface area contributed by atoms with Crippen molar-refractivity contribution in [1.29, 1.82) is 0 Å². The Morgan fingerprint density at radius 1 is 1.26 bits per heavy atom. The van der Waals surface area contributed by atoms with Gasteiger partial charge in [0.15, 0.2) is 5.76 Å². The molecule has 0 saturated carbocycles. The number of rotatable bonds is 8. The van der Waals surface area contributed by atoms with Crippen molar-refractivity contribution in [2.45, 2.75) is 25.7 Å². The fraction of sp³-hybridized carbons (Fsp3) is 0.263. The molecule has 1 amide bonds. The molecule has 0 radical (unpaired) electrons. The van der Waals surface area contributed by atoms with Crippen molar-refractivity contribution in [3.8, 4) is 11.5 Å². The van der Waals surface area contributed by atoms with Gasteiger partial charge in [-0.15, -0.1) is 0 Å². The summed E-state index contributed by atoms with van der Waals surface area (Å²) in [5.41, 5.74) is 0.728. The first kappa shape index (κ1) is 19.3. The quantitative estimate of drug-likeness (QED) is 0.403. The summed E-state index contributed by atoms with van der Waals surface area (Å²) in [6.45, 7) is 0.499. The summed E-state index contributed by atoms with van der Waals surface area (Å²) in [4.78, 5) is 29.4. The highest BCUT2D eigenvalue weighted by Gasteiger charge is 2.31. The first-order valence-electron chi connectivity index (χ1n) is 8.53. The van der Waals surface area contributed by atoms with Crippen LogP contribution in [-0.4, -0.2) is 37.7 Å². The summed E-state index contributed by atoms with van der Waals surface area (Å²) >= 11 is 6.55. The van der Waals surface area contributed by atoms with Crippen LogP contribution in [-0.2, 0) is 9.59 Å².